The number of carboxylic acids is 1. The molecule has 6 heteroatoms. The third kappa shape index (κ3) is 8.67. The molecule has 6 nitrogen and oxygen atoms in total. The van der Waals surface area contributed by atoms with Gasteiger partial charge in [-0.25, -0.2) is 0 Å². The van der Waals surface area contributed by atoms with Gasteiger partial charge in [-0.3, -0.25) is 9.59 Å². The van der Waals surface area contributed by atoms with Gasteiger partial charge < -0.3 is 19.9 Å². The number of hydrogen-bond donors (Lipinski definition) is 2. The first-order valence-corrected chi connectivity index (χ1v) is 7.30. The maximum atomic E-state index is 11.8. The zero-order valence-electron chi connectivity index (χ0n) is 13.9. The average Bonchev–Trinajstić information content (AvgIpc) is 2.34. The highest BCUT2D eigenvalue weighted by molar-refractivity contribution is 5.72. The Morgan fingerprint density at radius 1 is 1.29 bits per heavy atom. The van der Waals surface area contributed by atoms with Gasteiger partial charge in [0, 0.05) is 13.2 Å². The minimum absolute atomic E-state index is 0.0335. The number of carbonyl (C=O) groups excluding carboxylic acids is 1. The molecule has 0 aromatic rings. The van der Waals surface area contributed by atoms with Crippen molar-refractivity contribution in [3.05, 3.63) is 0 Å². The van der Waals surface area contributed by atoms with E-state index >= 15 is 0 Å². The van der Waals surface area contributed by atoms with E-state index < -0.39 is 17.7 Å². The zero-order chi connectivity index (χ0) is 16.6. The first kappa shape index (κ1) is 19.9. The molecule has 0 saturated heterocycles. The Morgan fingerprint density at radius 3 is 2.24 bits per heavy atom. The minimum Gasteiger partial charge on any atom is -0.481 e. The average molecular weight is 303 g/mol. The molecule has 0 fully saturated rings. The highest BCUT2D eigenvalue weighted by Gasteiger charge is 2.28. The number of methoxy groups -OCH3 is 1. The Morgan fingerprint density at radius 2 is 1.86 bits per heavy atom. The van der Waals surface area contributed by atoms with Crippen LogP contribution in [0.15, 0.2) is 0 Å². The smallest absolute Gasteiger partial charge is 0.320 e. The second-order valence-electron chi connectivity index (χ2n) is 6.25. The molecule has 0 aliphatic rings. The number of ether oxygens (including phenoxy) is 2. The van der Waals surface area contributed by atoms with Gasteiger partial charge in [0.25, 0.3) is 0 Å². The van der Waals surface area contributed by atoms with Gasteiger partial charge >= 0.3 is 11.9 Å². The second-order valence-corrected chi connectivity index (χ2v) is 6.25. The molecule has 3 atom stereocenters. The zero-order valence-corrected chi connectivity index (χ0v) is 13.9. The summed E-state index contributed by atoms with van der Waals surface area (Å²) in [5.41, 5.74) is -0.535. The van der Waals surface area contributed by atoms with Gasteiger partial charge in [-0.05, 0) is 26.7 Å². The molecule has 124 valence electrons. The van der Waals surface area contributed by atoms with Crippen LogP contribution in [0.5, 0.6) is 0 Å². The second kappa shape index (κ2) is 9.00. The van der Waals surface area contributed by atoms with Crippen LogP contribution in [0.2, 0.25) is 0 Å². The summed E-state index contributed by atoms with van der Waals surface area (Å²) in [5.74, 6) is -1.10. The van der Waals surface area contributed by atoms with Gasteiger partial charge in [0.2, 0.25) is 0 Å². The number of carbonyl (C=O) groups is 2. The summed E-state index contributed by atoms with van der Waals surface area (Å²) in [6.45, 7) is 9.46. The van der Waals surface area contributed by atoms with E-state index in [1.165, 1.54) is 7.11 Å². The molecule has 0 heterocycles. The van der Waals surface area contributed by atoms with Crippen molar-refractivity contribution < 1.29 is 24.2 Å². The normalized spacial score (nSPS) is 16.1. The predicted molar refractivity (Wildman–Crippen MR) is 80.1 cm³/mol. The van der Waals surface area contributed by atoms with E-state index in [0.717, 1.165) is 6.42 Å². The monoisotopic (exact) mass is 303 g/mol. The van der Waals surface area contributed by atoms with E-state index in [1.807, 2.05) is 13.8 Å². The lowest BCUT2D eigenvalue weighted by molar-refractivity contribution is -0.154. The Kier molecular flexibility index (Phi) is 8.51. The Hall–Kier alpha value is -1.14. The van der Waals surface area contributed by atoms with E-state index in [-0.39, 0.29) is 30.9 Å². The topological polar surface area (TPSA) is 84.9 Å². The summed E-state index contributed by atoms with van der Waals surface area (Å²) in [6, 6.07) is -0.219. The molecular formula is C15H29NO5. The minimum atomic E-state index is -0.922. The maximum absolute atomic E-state index is 11.8. The van der Waals surface area contributed by atoms with Gasteiger partial charge in [0.1, 0.15) is 5.60 Å². The van der Waals surface area contributed by atoms with Crippen LogP contribution in [0.4, 0.5) is 0 Å². The lowest BCUT2D eigenvalue weighted by atomic mass is 9.92. The third-order valence-corrected chi connectivity index (χ3v) is 3.24. The van der Waals surface area contributed by atoms with Crippen LogP contribution in [0.3, 0.4) is 0 Å². The Labute approximate surface area is 127 Å². The highest BCUT2D eigenvalue weighted by Crippen LogP contribution is 2.16. The molecule has 0 unspecified atom stereocenters. The number of esters is 1. The van der Waals surface area contributed by atoms with Crippen LogP contribution < -0.4 is 5.32 Å². The molecule has 2 N–H and O–H groups in total. The highest BCUT2D eigenvalue weighted by atomic mass is 16.6. The molecule has 0 aromatic heterocycles. The van der Waals surface area contributed by atoms with Crippen molar-refractivity contribution in [3.63, 3.8) is 0 Å². The van der Waals surface area contributed by atoms with Crippen molar-refractivity contribution in [2.45, 2.75) is 65.2 Å². The number of rotatable bonds is 9. The molecule has 0 bridgehead atoms. The molecule has 0 aliphatic heterocycles. The summed E-state index contributed by atoms with van der Waals surface area (Å²) >= 11 is 0. The maximum Gasteiger partial charge on any atom is 0.320 e. The van der Waals surface area contributed by atoms with E-state index in [2.05, 4.69) is 5.32 Å². The van der Waals surface area contributed by atoms with Crippen LogP contribution in [0.25, 0.3) is 0 Å². The fraction of sp³-hybridized carbons (Fsp3) is 0.867. The van der Waals surface area contributed by atoms with Crippen molar-refractivity contribution in [1.29, 1.82) is 0 Å². The summed E-state index contributed by atoms with van der Waals surface area (Å²) in [5, 5.41) is 12.0. The summed E-state index contributed by atoms with van der Waals surface area (Å²) in [4.78, 5) is 22.7. The molecule has 0 radical (unpaired) electrons. The first-order valence-electron chi connectivity index (χ1n) is 7.30. The van der Waals surface area contributed by atoms with Gasteiger partial charge in [0.05, 0.1) is 19.1 Å². The number of aliphatic carboxylic acids is 1. The molecule has 0 rings (SSSR count). The van der Waals surface area contributed by atoms with Crippen molar-refractivity contribution in [3.8, 4) is 0 Å². The molecule has 0 spiro atoms. The van der Waals surface area contributed by atoms with Crippen LogP contribution >= 0.6 is 0 Å². The molecular weight excluding hydrogens is 274 g/mol. The fourth-order valence-corrected chi connectivity index (χ4v) is 2.06. The van der Waals surface area contributed by atoms with E-state index in [1.54, 1.807) is 20.8 Å². The van der Waals surface area contributed by atoms with Crippen molar-refractivity contribution in [2.75, 3.05) is 13.7 Å². The quantitative estimate of drug-likeness (QED) is 0.632. The van der Waals surface area contributed by atoms with Crippen LogP contribution in [-0.2, 0) is 19.1 Å². The SMILES string of the molecule is CC[C@H](C)[C@H](NCC(=O)OC(C)(C)C)[C@@H](CC(=O)O)OC. The third-order valence-electron chi connectivity index (χ3n) is 3.24. The van der Waals surface area contributed by atoms with Gasteiger partial charge in [0.15, 0.2) is 0 Å². The molecule has 0 amide bonds. The van der Waals surface area contributed by atoms with Crippen LogP contribution in [0, 0.1) is 5.92 Å². The predicted octanol–water partition coefficient (Wildman–Crippen LogP) is 1.82. The lowest BCUT2D eigenvalue weighted by Crippen LogP contribution is -2.48. The summed E-state index contributed by atoms with van der Waals surface area (Å²) < 4.78 is 10.5. The van der Waals surface area contributed by atoms with E-state index in [4.69, 9.17) is 14.6 Å². The molecule has 0 aromatic carbocycles. The summed E-state index contributed by atoms with van der Waals surface area (Å²) in [7, 11) is 1.48. The standard InChI is InChI=1S/C15H29NO5/c1-7-10(2)14(11(20-6)8-12(17)18)16-9-13(19)21-15(3,4)5/h10-11,14,16H,7-9H2,1-6H3,(H,17,18)/t10-,11+,14-/m0/s1. The van der Waals surface area contributed by atoms with Gasteiger partial charge in [-0.15, -0.1) is 0 Å². The number of carboxylic acid groups (broad SMARTS) is 1. The molecule has 0 saturated carbocycles. The van der Waals surface area contributed by atoms with Crippen molar-refractivity contribution in [2.24, 2.45) is 5.92 Å². The lowest BCUT2D eigenvalue weighted by Gasteiger charge is -2.31. The van der Waals surface area contributed by atoms with Crippen LogP contribution in [0.1, 0.15) is 47.5 Å². The largest absolute Gasteiger partial charge is 0.481 e. The Balaban J connectivity index is 4.69. The van der Waals surface area contributed by atoms with Crippen LogP contribution in [-0.4, -0.2) is 48.4 Å². The van der Waals surface area contributed by atoms with Crippen molar-refractivity contribution in [1.82, 2.24) is 5.32 Å². The molecule has 0 aliphatic carbocycles. The number of hydrogen-bond acceptors (Lipinski definition) is 5. The van der Waals surface area contributed by atoms with Crippen molar-refractivity contribution >= 4 is 11.9 Å². The molecule has 21 heavy (non-hydrogen) atoms. The fourth-order valence-electron chi connectivity index (χ4n) is 2.06. The van der Waals surface area contributed by atoms with Gasteiger partial charge in [-0.1, -0.05) is 20.3 Å². The van der Waals surface area contributed by atoms with Gasteiger partial charge in [-0.2, -0.15) is 0 Å². The van der Waals surface area contributed by atoms with E-state index in [0.29, 0.717) is 0 Å². The summed E-state index contributed by atoms with van der Waals surface area (Å²) in [6.07, 6.45) is 0.262. The number of nitrogens with one attached hydrogen (secondary N) is 1. The Bertz CT molecular complexity index is 337. The van der Waals surface area contributed by atoms with E-state index in [9.17, 15) is 9.59 Å². The first-order chi connectivity index (χ1) is 9.60.